The molecule has 0 aliphatic heterocycles. The molecule has 0 spiro atoms. The summed E-state index contributed by atoms with van der Waals surface area (Å²) in [5.41, 5.74) is 0. The SMILES string of the molecule is Brc1[nH]c(Br)c(Br)c1Br. The molecule has 0 amide bonds. The van der Waals surface area contributed by atoms with E-state index in [0.29, 0.717) is 0 Å². The van der Waals surface area contributed by atoms with Crippen molar-refractivity contribution in [3.63, 3.8) is 0 Å². The van der Waals surface area contributed by atoms with E-state index in [1.54, 1.807) is 0 Å². The highest BCUT2D eigenvalue weighted by Gasteiger charge is 2.07. The molecule has 9 heavy (non-hydrogen) atoms. The Labute approximate surface area is 86.1 Å². The summed E-state index contributed by atoms with van der Waals surface area (Å²) in [5, 5.41) is 0. The van der Waals surface area contributed by atoms with Gasteiger partial charge in [-0.15, -0.1) is 0 Å². The third-order valence-corrected chi connectivity index (χ3v) is 5.17. The average Bonchev–Trinajstić information content (AvgIpc) is 1.98. The smallest absolute Gasteiger partial charge is 0.0984 e. The van der Waals surface area contributed by atoms with E-state index in [9.17, 15) is 0 Å². The van der Waals surface area contributed by atoms with Crippen LogP contribution in [0, 0.1) is 0 Å². The monoisotopic (exact) mass is 379 g/mol. The normalized spacial score (nSPS) is 10.2. The van der Waals surface area contributed by atoms with Crippen LogP contribution in [-0.2, 0) is 0 Å². The zero-order valence-electron chi connectivity index (χ0n) is 4.01. The number of rotatable bonds is 0. The topological polar surface area (TPSA) is 15.8 Å². The van der Waals surface area contributed by atoms with E-state index < -0.39 is 0 Å². The van der Waals surface area contributed by atoms with Gasteiger partial charge >= 0.3 is 0 Å². The second kappa shape index (κ2) is 3.07. The Morgan fingerprint density at radius 3 is 1.22 bits per heavy atom. The largest absolute Gasteiger partial charge is 0.342 e. The Morgan fingerprint density at radius 1 is 0.778 bits per heavy atom. The molecule has 0 saturated heterocycles. The van der Waals surface area contributed by atoms with Crippen LogP contribution >= 0.6 is 63.7 Å². The van der Waals surface area contributed by atoms with Crippen LogP contribution in [0.5, 0.6) is 0 Å². The molecule has 0 unspecified atom stereocenters. The molecule has 0 bridgehead atoms. The van der Waals surface area contributed by atoms with Gasteiger partial charge in [0.1, 0.15) is 0 Å². The van der Waals surface area contributed by atoms with Gasteiger partial charge < -0.3 is 4.98 Å². The van der Waals surface area contributed by atoms with Gasteiger partial charge in [0.2, 0.25) is 0 Å². The van der Waals surface area contributed by atoms with E-state index in [0.717, 1.165) is 18.2 Å². The summed E-state index contributed by atoms with van der Waals surface area (Å²) >= 11 is 13.3. The lowest BCUT2D eigenvalue weighted by atomic mass is 10.7. The minimum atomic E-state index is 0.932. The fraction of sp³-hybridized carbons (Fsp3) is 0. The van der Waals surface area contributed by atoms with E-state index >= 15 is 0 Å². The van der Waals surface area contributed by atoms with E-state index in [2.05, 4.69) is 68.7 Å². The molecule has 0 saturated carbocycles. The van der Waals surface area contributed by atoms with Gasteiger partial charge in [-0.2, -0.15) is 0 Å². The first-order chi connectivity index (χ1) is 4.13. The summed E-state index contributed by atoms with van der Waals surface area (Å²) in [6.45, 7) is 0. The van der Waals surface area contributed by atoms with Gasteiger partial charge in [-0.3, -0.25) is 0 Å². The molecule has 5 heteroatoms. The summed E-state index contributed by atoms with van der Waals surface area (Å²) in [4.78, 5) is 3.02. The Balaban J connectivity index is 3.29. The zero-order valence-corrected chi connectivity index (χ0v) is 10.4. The molecule has 1 nitrogen and oxygen atoms in total. The number of aromatic amines is 1. The molecule has 0 atom stereocenters. The maximum Gasteiger partial charge on any atom is 0.0984 e. The van der Waals surface area contributed by atoms with Crippen molar-refractivity contribution in [2.24, 2.45) is 0 Å². The molecule has 1 N–H and O–H groups in total. The molecule has 0 aliphatic rings. The van der Waals surface area contributed by atoms with Gasteiger partial charge in [0, 0.05) is 0 Å². The van der Waals surface area contributed by atoms with Gasteiger partial charge in [-0.25, -0.2) is 0 Å². The summed E-state index contributed by atoms with van der Waals surface area (Å²) < 4.78 is 3.85. The number of hydrogen-bond donors (Lipinski definition) is 1. The predicted octanol–water partition coefficient (Wildman–Crippen LogP) is 4.06. The van der Waals surface area contributed by atoms with Crippen molar-refractivity contribution in [3.8, 4) is 0 Å². The van der Waals surface area contributed by atoms with Crippen LogP contribution in [0.3, 0.4) is 0 Å². The van der Waals surface area contributed by atoms with E-state index in [-0.39, 0.29) is 0 Å². The third kappa shape index (κ3) is 1.61. The van der Waals surface area contributed by atoms with Gasteiger partial charge in [0.15, 0.2) is 0 Å². The van der Waals surface area contributed by atoms with Crippen LogP contribution in [0.15, 0.2) is 18.2 Å². The Hall–Kier alpha value is 1.20. The molecule has 1 aromatic rings. The summed E-state index contributed by atoms with van der Waals surface area (Å²) in [6.07, 6.45) is 0. The lowest BCUT2D eigenvalue weighted by Crippen LogP contribution is -1.58. The number of hydrogen-bond acceptors (Lipinski definition) is 0. The predicted molar refractivity (Wildman–Crippen MR) is 51.6 cm³/mol. The Morgan fingerprint density at radius 2 is 1.11 bits per heavy atom. The fourth-order valence-electron chi connectivity index (χ4n) is 0.399. The van der Waals surface area contributed by atoms with Crippen molar-refractivity contribution < 1.29 is 0 Å². The van der Waals surface area contributed by atoms with Gasteiger partial charge in [-0.1, -0.05) is 0 Å². The molecule has 1 heterocycles. The van der Waals surface area contributed by atoms with Crippen LogP contribution < -0.4 is 0 Å². The molecular weight excluding hydrogens is 382 g/mol. The second-order valence-electron chi connectivity index (χ2n) is 1.38. The van der Waals surface area contributed by atoms with Crippen molar-refractivity contribution in [3.05, 3.63) is 18.2 Å². The second-order valence-corrected chi connectivity index (χ2v) is 4.55. The quantitative estimate of drug-likeness (QED) is 0.696. The van der Waals surface area contributed by atoms with Gasteiger partial charge in [0.25, 0.3) is 0 Å². The number of nitrogens with one attached hydrogen (secondary N) is 1. The maximum absolute atomic E-state index is 3.34. The highest BCUT2D eigenvalue weighted by Crippen LogP contribution is 2.36. The van der Waals surface area contributed by atoms with Crippen LogP contribution in [0.4, 0.5) is 0 Å². The van der Waals surface area contributed by atoms with E-state index in [4.69, 9.17) is 0 Å². The average molecular weight is 383 g/mol. The Bertz CT molecular complexity index is 206. The molecule has 0 fully saturated rings. The number of halogens is 4. The molecule has 0 radical (unpaired) electrons. The fourth-order valence-corrected chi connectivity index (χ4v) is 2.58. The Kier molecular flexibility index (Phi) is 2.83. The molecule has 1 rings (SSSR count). The van der Waals surface area contributed by atoms with Crippen LogP contribution in [-0.4, -0.2) is 4.98 Å². The maximum atomic E-state index is 3.34. The minimum Gasteiger partial charge on any atom is -0.342 e. The standard InChI is InChI=1S/C4HBr4N/c5-1-2(6)4(8)9-3(1)7/h9H. The number of H-pyrrole nitrogens is 1. The molecular formula is C4HBr4N. The number of aromatic nitrogens is 1. The van der Waals surface area contributed by atoms with Gasteiger partial charge in [0.05, 0.1) is 18.2 Å². The first kappa shape index (κ1) is 8.30. The summed E-state index contributed by atoms with van der Waals surface area (Å²) in [6, 6.07) is 0. The first-order valence-electron chi connectivity index (χ1n) is 2.01. The van der Waals surface area contributed by atoms with E-state index in [1.807, 2.05) is 0 Å². The molecule has 0 aliphatic carbocycles. The molecule has 1 aromatic heterocycles. The summed E-state index contributed by atoms with van der Waals surface area (Å²) in [7, 11) is 0. The van der Waals surface area contributed by atoms with Crippen molar-refractivity contribution >= 4 is 63.7 Å². The van der Waals surface area contributed by atoms with Crippen molar-refractivity contribution in [1.29, 1.82) is 0 Å². The lowest BCUT2D eigenvalue weighted by Gasteiger charge is -1.81. The molecule has 0 aromatic carbocycles. The van der Waals surface area contributed by atoms with E-state index in [1.165, 1.54) is 0 Å². The van der Waals surface area contributed by atoms with Crippen molar-refractivity contribution in [2.75, 3.05) is 0 Å². The zero-order chi connectivity index (χ0) is 7.02. The lowest BCUT2D eigenvalue weighted by molar-refractivity contribution is 1.30. The molecule has 50 valence electrons. The van der Waals surface area contributed by atoms with Crippen LogP contribution in [0.1, 0.15) is 0 Å². The highest BCUT2D eigenvalue weighted by atomic mass is 79.9. The highest BCUT2D eigenvalue weighted by molar-refractivity contribution is 9.15. The van der Waals surface area contributed by atoms with Crippen LogP contribution in [0.25, 0.3) is 0 Å². The third-order valence-electron chi connectivity index (χ3n) is 0.798. The minimum absolute atomic E-state index is 0.932. The van der Waals surface area contributed by atoms with Gasteiger partial charge in [-0.05, 0) is 63.7 Å². The van der Waals surface area contributed by atoms with Crippen LogP contribution in [0.2, 0.25) is 0 Å². The first-order valence-corrected chi connectivity index (χ1v) is 5.18. The van der Waals surface area contributed by atoms with Crippen molar-refractivity contribution in [2.45, 2.75) is 0 Å². The van der Waals surface area contributed by atoms with Crippen molar-refractivity contribution in [1.82, 2.24) is 4.98 Å². The summed E-state index contributed by atoms with van der Waals surface area (Å²) in [5.74, 6) is 0.